The molecule has 0 fully saturated rings. The summed E-state index contributed by atoms with van der Waals surface area (Å²) in [5.74, 6) is -0.0726. The lowest BCUT2D eigenvalue weighted by Gasteiger charge is -2.36. The predicted octanol–water partition coefficient (Wildman–Crippen LogP) is 2.63. The second kappa shape index (κ2) is 21.1. The molecule has 0 heterocycles. The highest BCUT2D eigenvalue weighted by molar-refractivity contribution is 5.73. The lowest BCUT2D eigenvalue weighted by Crippen LogP contribution is -3.00. The summed E-state index contributed by atoms with van der Waals surface area (Å²) in [4.78, 5) is 12.7. The van der Waals surface area contributed by atoms with Crippen molar-refractivity contribution in [2.75, 3.05) is 13.2 Å². The van der Waals surface area contributed by atoms with E-state index in [1.54, 1.807) is 0 Å². The summed E-state index contributed by atoms with van der Waals surface area (Å²) < 4.78 is 0. The average Bonchev–Trinajstić information content (AvgIpc) is 2.81. The summed E-state index contributed by atoms with van der Waals surface area (Å²) in [6.45, 7) is 2.14. The maximum Gasteiger partial charge on any atom is 0.315 e. The topological polar surface area (TPSA) is 85.2 Å². The first-order chi connectivity index (χ1) is 16.1. The van der Waals surface area contributed by atoms with Gasteiger partial charge in [-0.05, 0) is 62.8 Å². The van der Waals surface area contributed by atoms with Gasteiger partial charge in [0.1, 0.15) is 0 Å². The van der Waals surface area contributed by atoms with Crippen LogP contribution >= 0.6 is 0 Å². The Labute approximate surface area is 214 Å². The molecule has 0 radical (unpaired) electrons. The lowest BCUT2D eigenvalue weighted by atomic mass is 9.66. The largest absolute Gasteiger partial charge is 1.00 e. The molecule has 1 aromatic rings. The zero-order valence-electron chi connectivity index (χ0n) is 21.5. The number of hydrogen-bond acceptors (Lipinski definition) is 3. The van der Waals surface area contributed by atoms with Gasteiger partial charge in [0, 0.05) is 13.2 Å². The fraction of sp³-hybridized carbons (Fsp3) is 0.690. The molecule has 0 spiro atoms. The molecule has 4 nitrogen and oxygen atoms in total. The van der Waals surface area contributed by atoms with Crippen molar-refractivity contribution in [1.29, 1.82) is 0 Å². The number of carbonyl (C=O) groups is 1. The number of carbonyl (C=O) groups excluding carboxylic acids is 1. The monoisotopic (exact) mass is 495 g/mol. The molecular weight excluding hydrogens is 446 g/mol. The van der Waals surface area contributed by atoms with E-state index < -0.39 is 5.41 Å². The first kappa shape index (κ1) is 32.8. The van der Waals surface area contributed by atoms with E-state index in [0.29, 0.717) is 12.8 Å². The molecule has 0 saturated carbocycles. The molecule has 0 bridgehead atoms. The van der Waals surface area contributed by atoms with Crippen LogP contribution in [0.4, 0.5) is 0 Å². The van der Waals surface area contributed by atoms with Gasteiger partial charge < -0.3 is 22.6 Å². The Hall–Kier alpha value is -1.20. The molecule has 1 rings (SSSR count). The minimum Gasteiger partial charge on any atom is -1.00 e. The number of hydrogen-bond donors (Lipinski definition) is 3. The minimum atomic E-state index is -0.754. The van der Waals surface area contributed by atoms with Crippen LogP contribution in [0.3, 0.4) is 0 Å². The predicted molar refractivity (Wildman–Crippen MR) is 138 cm³/mol. The van der Waals surface area contributed by atoms with E-state index in [0.717, 1.165) is 38.5 Å². The molecule has 0 aromatic heterocycles. The summed E-state index contributed by atoms with van der Waals surface area (Å²) >= 11 is 0. The molecule has 0 saturated heterocycles. The zero-order chi connectivity index (χ0) is 24.2. The van der Waals surface area contributed by atoms with Crippen molar-refractivity contribution in [3.8, 4) is 0 Å². The highest BCUT2D eigenvalue weighted by atomic mass is 35.5. The number of allylic oxidation sites excluding steroid dienone is 2. The molecule has 5 heteroatoms. The second-order valence-electron chi connectivity index (χ2n) is 9.58. The lowest BCUT2D eigenvalue weighted by molar-refractivity contribution is -0.324. The Bertz CT molecular complexity index is 630. The highest BCUT2D eigenvalue weighted by Crippen LogP contribution is 2.40. The summed E-state index contributed by atoms with van der Waals surface area (Å²) in [5.41, 5.74) is 4.20. The van der Waals surface area contributed by atoms with E-state index in [4.69, 9.17) is 0 Å². The smallest absolute Gasteiger partial charge is 0.315 e. The van der Waals surface area contributed by atoms with Crippen LogP contribution < -0.4 is 18.1 Å². The van der Waals surface area contributed by atoms with Gasteiger partial charge in [0.25, 0.3) is 0 Å². The number of quaternary nitrogens is 1. The third-order valence-electron chi connectivity index (χ3n) is 7.09. The standard InChI is InChI=1S/C29H49NO3.ClH/c1-2-3-4-5-6-7-8-9-10-11-12-13-17-20-27(25-26-18-15-14-16-19-26)29(21-23-31,22-24-32)28(30)33;/h9-10,14-16,18-19,27,31-32H,2-8,11-13,17,20-25H2,1H3,(H2,30,33);1H/b10-9+;. The Morgan fingerprint density at radius 1 is 0.882 bits per heavy atom. The Kier molecular flexibility index (Phi) is 20.4. The summed E-state index contributed by atoms with van der Waals surface area (Å²) in [6.07, 6.45) is 20.8. The van der Waals surface area contributed by atoms with E-state index in [9.17, 15) is 15.0 Å². The molecule has 0 aliphatic rings. The molecule has 1 unspecified atom stereocenters. The fourth-order valence-electron chi connectivity index (χ4n) is 5.02. The van der Waals surface area contributed by atoms with Crippen LogP contribution in [-0.2, 0) is 11.2 Å². The number of benzene rings is 1. The van der Waals surface area contributed by atoms with Gasteiger partial charge in [0.15, 0.2) is 0 Å². The average molecular weight is 496 g/mol. The molecule has 196 valence electrons. The SMILES string of the molecule is CCCCCCCC/C=C/CCCCCC(Cc1ccccc1)C(CCO)(CCO)C([NH3+])=O.[Cl-]. The van der Waals surface area contributed by atoms with Crippen molar-refractivity contribution in [2.45, 2.75) is 103 Å². The van der Waals surface area contributed by atoms with Gasteiger partial charge in [-0.3, -0.25) is 5.73 Å². The van der Waals surface area contributed by atoms with Crippen molar-refractivity contribution >= 4 is 5.91 Å². The van der Waals surface area contributed by atoms with Gasteiger partial charge in [-0.25, -0.2) is 4.79 Å². The van der Waals surface area contributed by atoms with Crippen molar-refractivity contribution in [3.05, 3.63) is 48.0 Å². The van der Waals surface area contributed by atoms with E-state index >= 15 is 0 Å². The molecule has 5 N–H and O–H groups in total. The summed E-state index contributed by atoms with van der Waals surface area (Å²) in [6, 6.07) is 10.2. The number of unbranched alkanes of at least 4 members (excludes halogenated alkanes) is 9. The Balaban J connectivity index is 0.0000109. The van der Waals surface area contributed by atoms with Crippen molar-refractivity contribution < 1.29 is 33.1 Å². The number of aliphatic hydroxyl groups excluding tert-OH is 2. The molecule has 1 aromatic carbocycles. The molecule has 1 atom stereocenters. The van der Waals surface area contributed by atoms with Gasteiger partial charge in [-0.2, -0.15) is 0 Å². The second-order valence-corrected chi connectivity index (χ2v) is 9.58. The van der Waals surface area contributed by atoms with E-state index in [2.05, 4.69) is 36.9 Å². The van der Waals surface area contributed by atoms with Crippen molar-refractivity contribution in [3.63, 3.8) is 0 Å². The quantitative estimate of drug-likeness (QED) is 0.181. The van der Waals surface area contributed by atoms with Crippen LogP contribution in [-0.4, -0.2) is 29.3 Å². The number of halogens is 1. The normalized spacial score (nSPS) is 12.6. The minimum absolute atomic E-state index is 0. The van der Waals surface area contributed by atoms with E-state index in [1.165, 1.54) is 50.5 Å². The zero-order valence-corrected chi connectivity index (χ0v) is 22.3. The number of aliphatic hydroxyl groups is 2. The number of rotatable bonds is 21. The van der Waals surface area contributed by atoms with Gasteiger partial charge in [0.2, 0.25) is 0 Å². The van der Waals surface area contributed by atoms with Crippen molar-refractivity contribution in [1.82, 2.24) is 0 Å². The van der Waals surface area contributed by atoms with Gasteiger partial charge in [-0.1, -0.05) is 94.4 Å². The van der Waals surface area contributed by atoms with Crippen LogP contribution in [0.2, 0.25) is 0 Å². The molecule has 0 aliphatic heterocycles. The van der Waals surface area contributed by atoms with Gasteiger partial charge in [0.05, 0.1) is 5.41 Å². The molecular formula is C29H50ClNO3. The maximum atomic E-state index is 12.7. The molecule has 1 amide bonds. The van der Waals surface area contributed by atoms with Crippen LogP contribution in [0.5, 0.6) is 0 Å². The van der Waals surface area contributed by atoms with E-state index in [-0.39, 0.29) is 37.4 Å². The summed E-state index contributed by atoms with van der Waals surface area (Å²) in [5, 5.41) is 19.4. The van der Waals surface area contributed by atoms with Crippen LogP contribution in [0.25, 0.3) is 0 Å². The maximum absolute atomic E-state index is 12.7. The highest BCUT2D eigenvalue weighted by Gasteiger charge is 2.45. The third-order valence-corrected chi connectivity index (χ3v) is 7.09. The Morgan fingerprint density at radius 3 is 1.94 bits per heavy atom. The fourth-order valence-corrected chi connectivity index (χ4v) is 5.02. The molecule has 34 heavy (non-hydrogen) atoms. The summed E-state index contributed by atoms with van der Waals surface area (Å²) in [7, 11) is 0. The first-order valence-corrected chi connectivity index (χ1v) is 13.4. The number of amides is 1. The third kappa shape index (κ3) is 13.0. The van der Waals surface area contributed by atoms with Crippen molar-refractivity contribution in [2.24, 2.45) is 11.3 Å². The van der Waals surface area contributed by atoms with E-state index in [1.807, 2.05) is 18.2 Å². The molecule has 0 aliphatic carbocycles. The Morgan fingerprint density at radius 2 is 1.41 bits per heavy atom. The van der Waals surface area contributed by atoms with Crippen LogP contribution in [0.1, 0.15) is 102 Å². The van der Waals surface area contributed by atoms with Gasteiger partial charge >= 0.3 is 5.91 Å². The van der Waals surface area contributed by atoms with Crippen LogP contribution in [0.15, 0.2) is 42.5 Å². The first-order valence-electron chi connectivity index (χ1n) is 13.4. The van der Waals surface area contributed by atoms with Crippen LogP contribution in [0, 0.1) is 11.3 Å². The van der Waals surface area contributed by atoms with Gasteiger partial charge in [-0.15, -0.1) is 0 Å².